The highest BCUT2D eigenvalue weighted by Gasteiger charge is 2.55. The van der Waals surface area contributed by atoms with E-state index in [1.165, 1.54) is 106 Å². The minimum absolute atomic E-state index is 0.890. The molecule has 0 N–H and O–H groups in total. The van der Waals surface area contributed by atoms with Gasteiger partial charge < -0.3 is 13.7 Å². The van der Waals surface area contributed by atoms with E-state index in [9.17, 15) is 0 Å². The Kier molecular flexibility index (Phi) is 12.1. The van der Waals surface area contributed by atoms with Gasteiger partial charge >= 0.3 is 0 Å². The molecule has 0 fully saturated rings. The maximum Gasteiger partial charge on any atom is 0.180 e. The lowest BCUT2D eigenvalue weighted by atomic mass is 9.94. The van der Waals surface area contributed by atoms with E-state index in [4.69, 9.17) is 8.83 Å². The molecule has 5 heterocycles. The first-order valence-corrected chi connectivity index (χ1v) is 39.3. The van der Waals surface area contributed by atoms with Gasteiger partial charge in [0.2, 0.25) is 0 Å². The summed E-state index contributed by atoms with van der Waals surface area (Å²) in [7, 11) is -9.53. The van der Waals surface area contributed by atoms with E-state index < -0.39 is 24.2 Å². The lowest BCUT2D eigenvalue weighted by molar-refractivity contribution is 0.669. The smallest absolute Gasteiger partial charge is 0.180 e. The number of benzene rings is 15. The minimum atomic E-state index is -3.26. The van der Waals surface area contributed by atoms with Gasteiger partial charge in [-0.2, -0.15) is 0 Å². The first kappa shape index (κ1) is 54.9. The van der Waals surface area contributed by atoms with Crippen LogP contribution in [0.25, 0.3) is 88.4 Å². The van der Waals surface area contributed by atoms with Crippen molar-refractivity contribution in [3.8, 4) is 44.5 Å². The molecule has 2 aromatic heterocycles. The molecule has 448 valence electrons. The van der Waals surface area contributed by atoms with Crippen LogP contribution in [-0.2, 0) is 0 Å². The number of hydrogen-bond acceptors (Lipinski definition) is 3. The van der Waals surface area contributed by atoms with E-state index in [1.54, 1.807) is 0 Å². The van der Waals surface area contributed by atoms with Gasteiger partial charge in [-0.1, -0.05) is 297 Å². The van der Waals surface area contributed by atoms with Crippen LogP contribution >= 0.6 is 0 Å². The van der Waals surface area contributed by atoms with Crippen molar-refractivity contribution in [3.05, 3.63) is 358 Å². The van der Waals surface area contributed by atoms with Gasteiger partial charge in [-0.3, -0.25) is 0 Å². The Labute approximate surface area is 559 Å². The molecule has 17 aromatic rings. The quantitative estimate of drug-likeness (QED) is 0.128. The zero-order valence-corrected chi connectivity index (χ0v) is 55.3. The third kappa shape index (κ3) is 7.51. The summed E-state index contributed by atoms with van der Waals surface area (Å²) in [4.78, 5) is 2.55. The lowest BCUT2D eigenvalue weighted by Gasteiger charge is -2.34. The fourth-order valence-electron chi connectivity index (χ4n) is 17.7. The molecule has 0 aliphatic carbocycles. The van der Waals surface area contributed by atoms with Crippen molar-refractivity contribution in [1.29, 1.82) is 0 Å². The molecule has 0 bridgehead atoms. The van der Waals surface area contributed by atoms with Crippen molar-refractivity contribution < 1.29 is 8.83 Å². The van der Waals surface area contributed by atoms with E-state index in [2.05, 4.69) is 363 Å². The van der Waals surface area contributed by atoms with Crippen LogP contribution in [0, 0.1) is 0 Å². The Morgan fingerprint density at radius 1 is 0.219 bits per heavy atom. The highest BCUT2D eigenvalue weighted by molar-refractivity contribution is 7.24. The standard InChI is InChI=1S/C90H59NO2Si3/c1-9-29-60(30-10-1)74-57-85-87(89-72-46-26-28-48-78(72)93-90(74)89)73-52-50-63(56-82(73)96(85,68-41-21-7-22-42-68)69-43-23-8-24-44-69)91(61-31-11-2-12-32-61)62-49-51-70-75-58-84-76(59-83(75)95(81(70)55-62,66-37-17-5-18-38-66)67-39-19-6-20-40-67)88-80(54-53-79-86(88)71-45-25-27-47-77(71)92-79)94(84,64-33-13-3-14-34-64)65-35-15-4-16-36-65/h1-59H. The molecule has 0 saturated heterocycles. The number of anilines is 3. The van der Waals surface area contributed by atoms with Gasteiger partial charge in [0.1, 0.15) is 22.3 Å². The molecule has 3 aliphatic rings. The fraction of sp³-hybridized carbons (Fsp3) is 0. The maximum absolute atomic E-state index is 7.10. The largest absolute Gasteiger partial charge is 0.456 e. The highest BCUT2D eigenvalue weighted by Crippen LogP contribution is 2.47. The van der Waals surface area contributed by atoms with E-state index in [0.717, 1.165) is 61.3 Å². The molecule has 0 radical (unpaired) electrons. The first-order chi connectivity index (χ1) is 47.6. The fourth-order valence-corrected chi connectivity index (χ4v) is 33.4. The van der Waals surface area contributed by atoms with Gasteiger partial charge in [-0.15, -0.1) is 0 Å². The molecule has 0 unspecified atom stereocenters. The van der Waals surface area contributed by atoms with Crippen molar-refractivity contribution in [2.45, 2.75) is 0 Å². The van der Waals surface area contributed by atoms with Crippen LogP contribution in [-0.4, -0.2) is 24.2 Å². The summed E-state index contributed by atoms with van der Waals surface area (Å²) >= 11 is 0. The predicted octanol–water partition coefficient (Wildman–Crippen LogP) is 14.7. The third-order valence-corrected chi connectivity index (χ3v) is 36.0. The zero-order valence-electron chi connectivity index (χ0n) is 52.3. The Hall–Kier alpha value is -11.6. The predicted molar refractivity (Wildman–Crippen MR) is 409 cm³/mol. The first-order valence-electron chi connectivity index (χ1n) is 33.3. The van der Waals surface area contributed by atoms with Gasteiger partial charge in [-0.05, 0) is 162 Å². The zero-order chi connectivity index (χ0) is 63.1. The van der Waals surface area contributed by atoms with Crippen molar-refractivity contribution in [2.75, 3.05) is 4.90 Å². The molecule has 96 heavy (non-hydrogen) atoms. The highest BCUT2D eigenvalue weighted by atomic mass is 28.3. The van der Waals surface area contributed by atoms with E-state index in [-0.39, 0.29) is 0 Å². The number of rotatable bonds is 10. The minimum Gasteiger partial charge on any atom is -0.456 e. The summed E-state index contributed by atoms with van der Waals surface area (Å²) in [6, 6.07) is 136. The summed E-state index contributed by atoms with van der Waals surface area (Å²) in [5, 5.41) is 21.1. The van der Waals surface area contributed by atoms with Gasteiger partial charge in [0.25, 0.3) is 0 Å². The average Bonchev–Trinajstić information content (AvgIpc) is 1.51. The van der Waals surface area contributed by atoms with Crippen molar-refractivity contribution in [1.82, 2.24) is 0 Å². The second-order valence-electron chi connectivity index (χ2n) is 26.0. The third-order valence-electron chi connectivity index (χ3n) is 21.5. The number of furan rings is 2. The Morgan fingerprint density at radius 2 is 0.594 bits per heavy atom. The van der Waals surface area contributed by atoms with Gasteiger partial charge in [0, 0.05) is 44.2 Å². The SMILES string of the molecule is c1ccc(-c2cc3c(c4c2oc2ccccc24)-c2ccc(N(c4ccccc4)c4ccc5c(c4)[Si](c4ccccc4)(c4ccccc4)c4cc6c(cc4-5)[Si](c4ccccc4)(c4ccccc4)c4ccc5oc7ccccc7c5c4-6)cc2[Si]3(c2ccccc2)c2ccccc2)cc1. The summed E-state index contributed by atoms with van der Waals surface area (Å²) in [5.74, 6) is 0. The molecule has 15 aromatic carbocycles. The number of para-hydroxylation sites is 3. The van der Waals surface area contributed by atoms with Crippen molar-refractivity contribution in [2.24, 2.45) is 0 Å². The summed E-state index contributed by atoms with van der Waals surface area (Å²) in [5.41, 5.74) is 16.9. The molecule has 3 nitrogen and oxygen atoms in total. The molecule has 20 rings (SSSR count). The monoisotopic (exact) mass is 1270 g/mol. The molecular formula is C90H59NO2Si3. The molecule has 3 aliphatic heterocycles. The van der Waals surface area contributed by atoms with Crippen LogP contribution in [0.4, 0.5) is 17.1 Å². The molecule has 0 atom stereocenters. The van der Waals surface area contributed by atoms with Crippen LogP contribution in [0.5, 0.6) is 0 Å². The molecule has 0 spiro atoms. The van der Waals surface area contributed by atoms with E-state index >= 15 is 0 Å². The number of nitrogens with zero attached hydrogens (tertiary/aromatic N) is 1. The van der Waals surface area contributed by atoms with Gasteiger partial charge in [-0.25, -0.2) is 0 Å². The van der Waals surface area contributed by atoms with Gasteiger partial charge in [0.05, 0.1) is 0 Å². The molecule has 0 saturated carbocycles. The molecular weight excluding hydrogens is 1210 g/mol. The normalized spacial score (nSPS) is 14.1. The Morgan fingerprint density at radius 3 is 1.12 bits per heavy atom. The average molecular weight is 1270 g/mol. The van der Waals surface area contributed by atoms with E-state index in [0.29, 0.717) is 0 Å². The summed E-state index contributed by atoms with van der Waals surface area (Å²) in [6.07, 6.45) is 0. The lowest BCUT2D eigenvalue weighted by Crippen LogP contribution is -2.74. The Balaban J connectivity index is 0.877. The van der Waals surface area contributed by atoms with Crippen molar-refractivity contribution >= 4 is 147 Å². The topological polar surface area (TPSA) is 29.5 Å². The molecule has 0 amide bonds. The number of hydrogen-bond donors (Lipinski definition) is 0. The van der Waals surface area contributed by atoms with Gasteiger partial charge in [0.15, 0.2) is 24.2 Å². The second kappa shape index (κ2) is 21.2. The van der Waals surface area contributed by atoms with E-state index in [1.807, 2.05) is 0 Å². The van der Waals surface area contributed by atoms with Crippen LogP contribution in [0.2, 0.25) is 0 Å². The number of fused-ring (bicyclic) bond motifs is 17. The van der Waals surface area contributed by atoms with Crippen LogP contribution in [0.3, 0.4) is 0 Å². The van der Waals surface area contributed by atoms with Crippen LogP contribution in [0.1, 0.15) is 0 Å². The van der Waals surface area contributed by atoms with Crippen LogP contribution in [0.15, 0.2) is 367 Å². The summed E-state index contributed by atoms with van der Waals surface area (Å²) < 4.78 is 14.0. The second-order valence-corrected chi connectivity index (χ2v) is 37.2. The Bertz CT molecular complexity index is 5820. The summed E-state index contributed by atoms with van der Waals surface area (Å²) in [6.45, 7) is 0. The van der Waals surface area contributed by atoms with Crippen LogP contribution < -0.4 is 67.1 Å². The van der Waals surface area contributed by atoms with Crippen molar-refractivity contribution in [3.63, 3.8) is 0 Å². The maximum atomic E-state index is 7.10. The molecule has 6 heteroatoms.